The number of piperazine rings is 1. The predicted octanol–water partition coefficient (Wildman–Crippen LogP) is 2.08. The third-order valence-electron chi connectivity index (χ3n) is 4.10. The molecular weight excluding hydrogens is 264 g/mol. The number of benzene rings is 1. The van der Waals surface area contributed by atoms with Gasteiger partial charge >= 0.3 is 0 Å². The van der Waals surface area contributed by atoms with E-state index in [2.05, 4.69) is 50.4 Å². The molecule has 1 aliphatic rings. The summed E-state index contributed by atoms with van der Waals surface area (Å²) in [6.07, 6.45) is 0.466. The lowest BCUT2D eigenvalue weighted by molar-refractivity contribution is -0.138. The molecule has 1 unspecified atom stereocenters. The minimum Gasteiger partial charge on any atom is -0.353 e. The number of carbonyl (C=O) groups is 2. The Hall–Kier alpha value is -1.84. The van der Waals surface area contributed by atoms with E-state index in [1.165, 1.54) is 11.1 Å². The average molecular weight is 288 g/mol. The van der Waals surface area contributed by atoms with Crippen molar-refractivity contribution in [1.82, 2.24) is 10.2 Å². The molecule has 4 nitrogen and oxygen atoms in total. The Morgan fingerprint density at radius 2 is 1.95 bits per heavy atom. The summed E-state index contributed by atoms with van der Waals surface area (Å²) >= 11 is 0. The Morgan fingerprint density at radius 1 is 1.29 bits per heavy atom. The van der Waals surface area contributed by atoms with Crippen LogP contribution < -0.4 is 5.32 Å². The van der Waals surface area contributed by atoms with Crippen LogP contribution in [0.4, 0.5) is 0 Å². The fourth-order valence-corrected chi connectivity index (χ4v) is 2.72. The molecular formula is C17H24N2O2. The van der Waals surface area contributed by atoms with Crippen LogP contribution in [-0.2, 0) is 9.59 Å². The molecule has 1 heterocycles. The highest BCUT2D eigenvalue weighted by Crippen LogP contribution is 2.29. The van der Waals surface area contributed by atoms with E-state index in [4.69, 9.17) is 0 Å². The number of hydrogen-bond acceptors (Lipinski definition) is 2. The van der Waals surface area contributed by atoms with Crippen LogP contribution in [0.1, 0.15) is 37.3 Å². The maximum Gasteiger partial charge on any atom is 0.239 e. The molecule has 114 valence electrons. The van der Waals surface area contributed by atoms with Gasteiger partial charge in [0.1, 0.15) is 0 Å². The van der Waals surface area contributed by atoms with Crippen molar-refractivity contribution in [3.63, 3.8) is 0 Å². The molecule has 2 rings (SSSR count). The minimum absolute atomic E-state index is 0.0639. The van der Waals surface area contributed by atoms with Crippen molar-refractivity contribution >= 4 is 11.8 Å². The standard InChI is InChI=1S/C17H24N2O2/c1-12(2)15(14-6-4-13(3)5-7-14)10-17(21)19-9-8-18-16(20)11-19/h4-7,12,15H,8-11H2,1-3H3,(H,18,20). The molecule has 4 heteroatoms. The van der Waals surface area contributed by atoms with Crippen LogP contribution in [0.5, 0.6) is 0 Å². The zero-order valence-electron chi connectivity index (χ0n) is 13.1. The quantitative estimate of drug-likeness (QED) is 0.922. The number of nitrogens with zero attached hydrogens (tertiary/aromatic N) is 1. The summed E-state index contributed by atoms with van der Waals surface area (Å²) in [6.45, 7) is 7.70. The van der Waals surface area contributed by atoms with Gasteiger partial charge in [-0.2, -0.15) is 0 Å². The zero-order valence-corrected chi connectivity index (χ0v) is 13.1. The van der Waals surface area contributed by atoms with E-state index >= 15 is 0 Å². The summed E-state index contributed by atoms with van der Waals surface area (Å²) in [5, 5.41) is 2.75. The van der Waals surface area contributed by atoms with Crippen LogP contribution in [0.25, 0.3) is 0 Å². The van der Waals surface area contributed by atoms with Gasteiger partial charge in [-0.05, 0) is 24.3 Å². The number of nitrogens with one attached hydrogen (secondary N) is 1. The first-order valence-electron chi connectivity index (χ1n) is 7.58. The van der Waals surface area contributed by atoms with Crippen LogP contribution in [0, 0.1) is 12.8 Å². The van der Waals surface area contributed by atoms with Gasteiger partial charge in [0.25, 0.3) is 0 Å². The summed E-state index contributed by atoms with van der Waals surface area (Å²) in [5.74, 6) is 0.591. The molecule has 1 saturated heterocycles. The number of amides is 2. The van der Waals surface area contributed by atoms with Crippen molar-refractivity contribution in [2.24, 2.45) is 5.92 Å². The fraction of sp³-hybridized carbons (Fsp3) is 0.529. The highest BCUT2D eigenvalue weighted by Gasteiger charge is 2.26. The van der Waals surface area contributed by atoms with Crippen molar-refractivity contribution in [1.29, 1.82) is 0 Å². The first kappa shape index (κ1) is 15.5. The van der Waals surface area contributed by atoms with Gasteiger partial charge in [0.2, 0.25) is 11.8 Å². The van der Waals surface area contributed by atoms with E-state index in [9.17, 15) is 9.59 Å². The maximum atomic E-state index is 12.4. The Kier molecular flexibility index (Phi) is 4.99. The smallest absolute Gasteiger partial charge is 0.239 e. The fourth-order valence-electron chi connectivity index (χ4n) is 2.72. The molecule has 1 aliphatic heterocycles. The molecule has 0 spiro atoms. The third-order valence-corrected chi connectivity index (χ3v) is 4.10. The second-order valence-corrected chi connectivity index (χ2v) is 6.13. The van der Waals surface area contributed by atoms with Gasteiger partial charge in [-0.3, -0.25) is 9.59 Å². The van der Waals surface area contributed by atoms with E-state index in [0.29, 0.717) is 25.4 Å². The average Bonchev–Trinajstić information content (AvgIpc) is 2.45. The van der Waals surface area contributed by atoms with E-state index in [1.54, 1.807) is 4.90 Å². The summed E-state index contributed by atoms with van der Waals surface area (Å²) in [5.41, 5.74) is 2.42. The Balaban J connectivity index is 2.07. The Bertz CT molecular complexity index is 508. The molecule has 0 aromatic heterocycles. The van der Waals surface area contributed by atoms with Crippen molar-refractivity contribution in [3.8, 4) is 0 Å². The second-order valence-electron chi connectivity index (χ2n) is 6.13. The Morgan fingerprint density at radius 3 is 2.52 bits per heavy atom. The van der Waals surface area contributed by atoms with Gasteiger partial charge in [0.05, 0.1) is 6.54 Å². The SMILES string of the molecule is Cc1ccc(C(CC(=O)N2CCNC(=O)C2)C(C)C)cc1. The molecule has 0 aliphatic carbocycles. The van der Waals surface area contributed by atoms with E-state index in [-0.39, 0.29) is 24.3 Å². The van der Waals surface area contributed by atoms with Crippen LogP contribution in [-0.4, -0.2) is 36.3 Å². The molecule has 1 fully saturated rings. The maximum absolute atomic E-state index is 12.4. The van der Waals surface area contributed by atoms with Gasteiger partial charge in [-0.15, -0.1) is 0 Å². The predicted molar refractivity (Wildman–Crippen MR) is 83.0 cm³/mol. The van der Waals surface area contributed by atoms with Crippen molar-refractivity contribution in [2.45, 2.75) is 33.1 Å². The molecule has 1 atom stereocenters. The highest BCUT2D eigenvalue weighted by atomic mass is 16.2. The van der Waals surface area contributed by atoms with Crippen LogP contribution in [0.3, 0.4) is 0 Å². The second kappa shape index (κ2) is 6.74. The number of rotatable bonds is 4. The van der Waals surface area contributed by atoms with Crippen molar-refractivity contribution < 1.29 is 9.59 Å². The summed E-state index contributed by atoms with van der Waals surface area (Å²) in [7, 11) is 0. The summed E-state index contributed by atoms with van der Waals surface area (Å²) in [6, 6.07) is 8.39. The van der Waals surface area contributed by atoms with Gasteiger partial charge < -0.3 is 10.2 Å². The number of hydrogen-bond donors (Lipinski definition) is 1. The first-order valence-corrected chi connectivity index (χ1v) is 7.58. The van der Waals surface area contributed by atoms with E-state index in [0.717, 1.165) is 0 Å². The molecule has 1 aromatic carbocycles. The van der Waals surface area contributed by atoms with Gasteiger partial charge in [-0.25, -0.2) is 0 Å². The lowest BCUT2D eigenvalue weighted by Gasteiger charge is -2.29. The summed E-state index contributed by atoms with van der Waals surface area (Å²) < 4.78 is 0. The molecule has 21 heavy (non-hydrogen) atoms. The lowest BCUT2D eigenvalue weighted by atomic mass is 9.85. The first-order chi connectivity index (χ1) is 9.97. The van der Waals surface area contributed by atoms with E-state index < -0.39 is 0 Å². The number of aryl methyl sites for hydroxylation is 1. The minimum atomic E-state index is -0.0639. The van der Waals surface area contributed by atoms with Crippen LogP contribution >= 0.6 is 0 Å². The van der Waals surface area contributed by atoms with Crippen LogP contribution in [0.15, 0.2) is 24.3 Å². The molecule has 0 bridgehead atoms. The lowest BCUT2D eigenvalue weighted by Crippen LogP contribution is -2.50. The van der Waals surface area contributed by atoms with Crippen molar-refractivity contribution in [3.05, 3.63) is 35.4 Å². The van der Waals surface area contributed by atoms with Gasteiger partial charge in [0.15, 0.2) is 0 Å². The van der Waals surface area contributed by atoms with E-state index in [1.807, 2.05) is 0 Å². The molecule has 2 amide bonds. The highest BCUT2D eigenvalue weighted by molar-refractivity contribution is 5.86. The number of carbonyl (C=O) groups excluding carboxylic acids is 2. The molecule has 1 aromatic rings. The normalized spacial score (nSPS) is 16.8. The van der Waals surface area contributed by atoms with Gasteiger partial charge in [0, 0.05) is 19.5 Å². The molecule has 1 N–H and O–H groups in total. The topological polar surface area (TPSA) is 49.4 Å². The van der Waals surface area contributed by atoms with Gasteiger partial charge in [-0.1, -0.05) is 43.7 Å². The van der Waals surface area contributed by atoms with Crippen molar-refractivity contribution in [2.75, 3.05) is 19.6 Å². The monoisotopic (exact) mass is 288 g/mol. The summed E-state index contributed by atoms with van der Waals surface area (Å²) in [4.78, 5) is 25.5. The Labute approximate surface area is 126 Å². The zero-order chi connectivity index (χ0) is 15.4. The third kappa shape index (κ3) is 4.06. The van der Waals surface area contributed by atoms with Crippen LogP contribution in [0.2, 0.25) is 0 Å². The molecule has 0 radical (unpaired) electrons. The largest absolute Gasteiger partial charge is 0.353 e. The molecule has 0 saturated carbocycles.